The van der Waals surface area contributed by atoms with E-state index in [1.807, 2.05) is 12.1 Å². The van der Waals surface area contributed by atoms with Crippen LogP contribution in [0.4, 0.5) is 0 Å². The highest BCUT2D eigenvalue weighted by atomic mass is 16.5. The maximum atomic E-state index is 10.6. The molecular formula is C19H31NO3. The van der Waals surface area contributed by atoms with Gasteiger partial charge in [-0.1, -0.05) is 32.3 Å². The van der Waals surface area contributed by atoms with Crippen LogP contribution in [0.1, 0.15) is 57.1 Å². The number of hydrogen-bond acceptors (Lipinski definition) is 4. The molecule has 0 spiro atoms. The van der Waals surface area contributed by atoms with E-state index in [2.05, 4.69) is 17.9 Å². The number of piperidine rings is 1. The van der Waals surface area contributed by atoms with Crippen molar-refractivity contribution in [1.29, 1.82) is 0 Å². The Morgan fingerprint density at radius 2 is 1.91 bits per heavy atom. The lowest BCUT2D eigenvalue weighted by Gasteiger charge is -2.39. The number of methoxy groups -OCH3 is 2. The van der Waals surface area contributed by atoms with E-state index < -0.39 is 0 Å². The van der Waals surface area contributed by atoms with Gasteiger partial charge in [0.1, 0.15) is 0 Å². The fourth-order valence-corrected chi connectivity index (χ4v) is 3.51. The zero-order valence-electron chi connectivity index (χ0n) is 14.8. The normalized spacial score (nSPS) is 22.1. The monoisotopic (exact) mass is 321 g/mol. The van der Waals surface area contributed by atoms with Crippen molar-refractivity contribution in [3.05, 3.63) is 23.8 Å². The third kappa shape index (κ3) is 4.61. The Balaban J connectivity index is 2.14. The van der Waals surface area contributed by atoms with Gasteiger partial charge in [-0.2, -0.15) is 0 Å². The van der Waals surface area contributed by atoms with Crippen molar-refractivity contribution in [2.45, 2.75) is 57.6 Å². The van der Waals surface area contributed by atoms with E-state index in [1.165, 1.54) is 25.7 Å². The van der Waals surface area contributed by atoms with Gasteiger partial charge in [0.25, 0.3) is 0 Å². The highest BCUT2D eigenvalue weighted by Gasteiger charge is 2.31. The molecule has 1 heterocycles. The Labute approximate surface area is 140 Å². The topological polar surface area (TPSA) is 41.9 Å². The molecule has 1 aliphatic heterocycles. The molecule has 4 heteroatoms. The minimum Gasteiger partial charge on any atom is -0.493 e. The van der Waals surface area contributed by atoms with Crippen LogP contribution in [-0.4, -0.2) is 43.4 Å². The molecule has 1 saturated heterocycles. The summed E-state index contributed by atoms with van der Waals surface area (Å²) in [6, 6.07) is 6.06. The fourth-order valence-electron chi connectivity index (χ4n) is 3.51. The van der Waals surface area contributed by atoms with Gasteiger partial charge < -0.3 is 14.6 Å². The minimum absolute atomic E-state index is 0.0604. The molecule has 0 unspecified atom stereocenters. The molecule has 0 aromatic heterocycles. The van der Waals surface area contributed by atoms with Gasteiger partial charge >= 0.3 is 0 Å². The molecule has 1 aromatic carbocycles. The number of likely N-dealkylation sites (tertiary alicyclic amines) is 1. The van der Waals surface area contributed by atoms with Crippen LogP contribution in [0.25, 0.3) is 0 Å². The lowest BCUT2D eigenvalue weighted by Crippen LogP contribution is -2.42. The van der Waals surface area contributed by atoms with E-state index in [1.54, 1.807) is 14.2 Å². The van der Waals surface area contributed by atoms with Crippen molar-refractivity contribution in [2.24, 2.45) is 0 Å². The zero-order valence-corrected chi connectivity index (χ0v) is 14.8. The number of benzene rings is 1. The Kier molecular flexibility index (Phi) is 7.18. The number of ether oxygens (including phenoxy) is 2. The molecule has 130 valence electrons. The average Bonchev–Trinajstić information content (AvgIpc) is 2.58. The summed E-state index contributed by atoms with van der Waals surface area (Å²) in [5.74, 6) is 1.46. The van der Waals surface area contributed by atoms with E-state index in [4.69, 9.17) is 9.47 Å². The first-order chi connectivity index (χ1) is 11.2. The molecule has 0 amide bonds. The van der Waals surface area contributed by atoms with E-state index in [9.17, 15) is 5.11 Å². The second-order valence-electron chi connectivity index (χ2n) is 6.37. The molecule has 0 radical (unpaired) electrons. The molecule has 1 fully saturated rings. The predicted octanol–water partition coefficient (Wildman–Crippen LogP) is 3.78. The summed E-state index contributed by atoms with van der Waals surface area (Å²) in [6.07, 6.45) is 6.63. The van der Waals surface area contributed by atoms with Crippen LogP contribution < -0.4 is 9.47 Å². The van der Waals surface area contributed by atoms with E-state index in [0.29, 0.717) is 0 Å². The van der Waals surface area contributed by atoms with Crippen LogP contribution in [0.2, 0.25) is 0 Å². The smallest absolute Gasteiger partial charge is 0.161 e. The maximum absolute atomic E-state index is 10.6. The van der Waals surface area contributed by atoms with Crippen LogP contribution in [-0.2, 0) is 0 Å². The fraction of sp³-hybridized carbons (Fsp3) is 0.684. The number of rotatable bonds is 8. The highest BCUT2D eigenvalue weighted by Crippen LogP contribution is 2.36. The number of aliphatic hydroxyl groups excluding tert-OH is 1. The van der Waals surface area contributed by atoms with Crippen molar-refractivity contribution < 1.29 is 14.6 Å². The Hall–Kier alpha value is -1.26. The second-order valence-corrected chi connectivity index (χ2v) is 6.37. The van der Waals surface area contributed by atoms with Crippen LogP contribution in [0.15, 0.2) is 18.2 Å². The van der Waals surface area contributed by atoms with Gasteiger partial charge in [-0.25, -0.2) is 0 Å². The molecule has 2 atom stereocenters. The number of unbranched alkanes of at least 4 members (excludes halogenated alkanes) is 3. The third-order valence-electron chi connectivity index (χ3n) is 4.75. The summed E-state index contributed by atoms with van der Waals surface area (Å²) in [4.78, 5) is 2.44. The van der Waals surface area contributed by atoms with Gasteiger partial charge in [0.2, 0.25) is 0 Å². The molecular weight excluding hydrogens is 290 g/mol. The van der Waals surface area contributed by atoms with Gasteiger partial charge in [-0.15, -0.1) is 0 Å². The molecule has 2 rings (SSSR count). The van der Waals surface area contributed by atoms with Crippen molar-refractivity contribution >= 4 is 0 Å². The lowest BCUT2D eigenvalue weighted by atomic mass is 9.92. The van der Waals surface area contributed by atoms with E-state index in [-0.39, 0.29) is 12.1 Å². The molecule has 0 aliphatic carbocycles. The van der Waals surface area contributed by atoms with Gasteiger partial charge in [-0.3, -0.25) is 4.90 Å². The van der Waals surface area contributed by atoms with Crippen LogP contribution in [0.5, 0.6) is 11.5 Å². The lowest BCUT2D eigenvalue weighted by molar-refractivity contribution is 0.00877. The van der Waals surface area contributed by atoms with Crippen molar-refractivity contribution in [3.63, 3.8) is 0 Å². The third-order valence-corrected chi connectivity index (χ3v) is 4.75. The summed E-state index contributed by atoms with van der Waals surface area (Å²) in [6.45, 7) is 4.34. The molecule has 4 nitrogen and oxygen atoms in total. The standard InChI is InChI=1S/C19H31NO3/c1-4-5-6-7-12-20-13-8-9-16(21)19(20)15-10-11-17(22-2)18(14-15)23-3/h10-11,14,16,19,21H,4-9,12-13H2,1-3H3/t16-,19-/m1/s1. The first kappa shape index (κ1) is 18.1. The quantitative estimate of drug-likeness (QED) is 0.740. The second kappa shape index (κ2) is 9.14. The van der Waals surface area contributed by atoms with Crippen LogP contribution >= 0.6 is 0 Å². The van der Waals surface area contributed by atoms with Crippen molar-refractivity contribution in [1.82, 2.24) is 4.90 Å². The summed E-state index contributed by atoms with van der Waals surface area (Å²) in [5.41, 5.74) is 1.12. The largest absolute Gasteiger partial charge is 0.493 e. The van der Waals surface area contributed by atoms with Gasteiger partial charge in [-0.05, 0) is 50.0 Å². The molecule has 23 heavy (non-hydrogen) atoms. The highest BCUT2D eigenvalue weighted by molar-refractivity contribution is 5.44. The SMILES string of the molecule is CCCCCCN1CCC[C@@H](O)[C@H]1c1ccc(OC)c(OC)c1. The maximum Gasteiger partial charge on any atom is 0.161 e. The van der Waals surface area contributed by atoms with Gasteiger partial charge in [0.15, 0.2) is 11.5 Å². The van der Waals surface area contributed by atoms with E-state index in [0.717, 1.165) is 43.0 Å². The average molecular weight is 321 g/mol. The van der Waals surface area contributed by atoms with Crippen LogP contribution in [0, 0.1) is 0 Å². The summed E-state index contributed by atoms with van der Waals surface area (Å²) in [7, 11) is 3.30. The van der Waals surface area contributed by atoms with Crippen LogP contribution in [0.3, 0.4) is 0 Å². The molecule has 1 aromatic rings. The Bertz CT molecular complexity index is 478. The Morgan fingerprint density at radius 1 is 1.13 bits per heavy atom. The number of nitrogens with zero attached hydrogens (tertiary/aromatic N) is 1. The predicted molar refractivity (Wildman–Crippen MR) is 93.2 cm³/mol. The van der Waals surface area contributed by atoms with Crippen molar-refractivity contribution in [3.8, 4) is 11.5 Å². The number of aliphatic hydroxyl groups is 1. The molecule has 1 aliphatic rings. The molecule has 0 saturated carbocycles. The first-order valence-electron chi connectivity index (χ1n) is 8.85. The van der Waals surface area contributed by atoms with E-state index >= 15 is 0 Å². The molecule has 1 N–H and O–H groups in total. The summed E-state index contributed by atoms with van der Waals surface area (Å²) in [5, 5.41) is 10.6. The minimum atomic E-state index is -0.312. The summed E-state index contributed by atoms with van der Waals surface area (Å²) >= 11 is 0. The first-order valence-corrected chi connectivity index (χ1v) is 8.85. The molecule has 0 bridgehead atoms. The summed E-state index contributed by atoms with van der Waals surface area (Å²) < 4.78 is 10.7. The van der Waals surface area contributed by atoms with Gasteiger partial charge in [0, 0.05) is 0 Å². The van der Waals surface area contributed by atoms with Gasteiger partial charge in [0.05, 0.1) is 26.4 Å². The zero-order chi connectivity index (χ0) is 16.7. The number of hydrogen-bond donors (Lipinski definition) is 1. The van der Waals surface area contributed by atoms with Crippen molar-refractivity contribution in [2.75, 3.05) is 27.3 Å². The Morgan fingerprint density at radius 3 is 2.61 bits per heavy atom.